The van der Waals surface area contributed by atoms with Gasteiger partial charge in [0.2, 0.25) is 0 Å². The van der Waals surface area contributed by atoms with Crippen LogP contribution in [0, 0.1) is 6.92 Å². The van der Waals surface area contributed by atoms with Gasteiger partial charge in [-0.05, 0) is 12.8 Å². The molecule has 0 atom stereocenters. The Bertz CT molecular complexity index is 398. The van der Waals surface area contributed by atoms with Crippen LogP contribution in [0.25, 0.3) is 0 Å². The summed E-state index contributed by atoms with van der Waals surface area (Å²) < 4.78 is 14.8. The lowest BCUT2D eigenvalue weighted by Crippen LogP contribution is -1.97. The van der Waals surface area contributed by atoms with E-state index in [2.05, 4.69) is 23.4 Å². The van der Waals surface area contributed by atoms with Crippen molar-refractivity contribution in [2.75, 3.05) is 6.61 Å². The zero-order valence-electron chi connectivity index (χ0n) is 9.51. The van der Waals surface area contributed by atoms with Crippen molar-refractivity contribution in [3.63, 3.8) is 0 Å². The fourth-order valence-electron chi connectivity index (χ4n) is 1.36. The molecule has 0 unspecified atom stereocenters. The van der Waals surface area contributed by atoms with Gasteiger partial charge in [0, 0.05) is 11.3 Å². The van der Waals surface area contributed by atoms with E-state index in [4.69, 9.17) is 9.79 Å². The minimum atomic E-state index is -4.35. The molecule has 0 aliphatic heterocycles. The molecule has 0 spiro atoms. The number of hydrogen-bond acceptors (Lipinski definition) is 4. The molecule has 1 heterocycles. The summed E-state index contributed by atoms with van der Waals surface area (Å²) in [5.74, 6) is 0.368. The van der Waals surface area contributed by atoms with Gasteiger partial charge in [-0.3, -0.25) is 4.52 Å². The standard InChI is InChI=1S/C9H16NO4PS/c1-6(2)9-7(3)16-8(10-9)4-5-14-15(11,12)13/h6H,4-5H2,1-3H3,(H2,11,12,13). The molecule has 5 nitrogen and oxygen atoms in total. The van der Waals surface area contributed by atoms with E-state index < -0.39 is 7.82 Å². The van der Waals surface area contributed by atoms with E-state index in [1.165, 1.54) is 0 Å². The van der Waals surface area contributed by atoms with Crippen molar-refractivity contribution in [2.24, 2.45) is 0 Å². The maximum atomic E-state index is 10.5. The highest BCUT2D eigenvalue weighted by Crippen LogP contribution is 2.35. The number of aromatic nitrogens is 1. The minimum Gasteiger partial charge on any atom is -0.303 e. The summed E-state index contributed by atoms with van der Waals surface area (Å²) in [6.07, 6.45) is 0.434. The van der Waals surface area contributed by atoms with E-state index in [1.54, 1.807) is 11.3 Å². The number of thiazole rings is 1. The first-order valence-electron chi connectivity index (χ1n) is 4.96. The molecule has 0 saturated heterocycles. The second kappa shape index (κ2) is 5.38. The lowest BCUT2D eigenvalue weighted by Gasteiger charge is -2.03. The van der Waals surface area contributed by atoms with Gasteiger partial charge >= 0.3 is 7.82 Å². The average Bonchev–Trinajstić information content (AvgIpc) is 2.44. The third-order valence-electron chi connectivity index (χ3n) is 2.00. The molecule has 0 saturated carbocycles. The van der Waals surface area contributed by atoms with Gasteiger partial charge in [-0.25, -0.2) is 9.55 Å². The molecule has 2 N–H and O–H groups in total. The molecule has 0 bridgehead atoms. The van der Waals surface area contributed by atoms with Crippen molar-refractivity contribution in [1.29, 1.82) is 0 Å². The largest absolute Gasteiger partial charge is 0.469 e. The second-order valence-electron chi connectivity index (χ2n) is 3.78. The number of nitrogens with zero attached hydrogens (tertiary/aromatic N) is 1. The van der Waals surface area contributed by atoms with Crippen molar-refractivity contribution >= 4 is 19.2 Å². The summed E-state index contributed by atoms with van der Waals surface area (Å²) in [5, 5.41) is 0.856. The van der Waals surface area contributed by atoms with Gasteiger partial charge in [-0.15, -0.1) is 11.3 Å². The van der Waals surface area contributed by atoms with Gasteiger partial charge < -0.3 is 9.79 Å². The fourth-order valence-corrected chi connectivity index (χ4v) is 2.76. The van der Waals surface area contributed by atoms with Crippen LogP contribution in [0.4, 0.5) is 0 Å². The molecule has 7 heteroatoms. The summed E-state index contributed by atoms with van der Waals surface area (Å²) in [6.45, 7) is 6.13. The van der Waals surface area contributed by atoms with Crippen LogP contribution >= 0.6 is 19.2 Å². The highest BCUT2D eigenvalue weighted by Gasteiger charge is 2.15. The Balaban J connectivity index is 2.56. The van der Waals surface area contributed by atoms with Gasteiger partial charge in [0.1, 0.15) is 0 Å². The Hall–Kier alpha value is -0.260. The quantitative estimate of drug-likeness (QED) is 0.798. The topological polar surface area (TPSA) is 79.7 Å². The van der Waals surface area contributed by atoms with E-state index in [9.17, 15) is 4.57 Å². The average molecular weight is 265 g/mol. The highest BCUT2D eigenvalue weighted by atomic mass is 32.1. The minimum absolute atomic E-state index is 0.00519. The predicted octanol–water partition coefficient (Wildman–Crippen LogP) is 2.23. The van der Waals surface area contributed by atoms with Crippen molar-refractivity contribution in [2.45, 2.75) is 33.1 Å². The van der Waals surface area contributed by atoms with Crippen LogP contribution < -0.4 is 0 Å². The number of rotatable bonds is 5. The molecule has 92 valence electrons. The van der Waals surface area contributed by atoms with Crippen LogP contribution in [-0.2, 0) is 15.5 Å². The molecule has 0 aromatic carbocycles. The molecule has 0 aliphatic rings. The maximum absolute atomic E-state index is 10.5. The Morgan fingerprint density at radius 2 is 2.12 bits per heavy atom. The maximum Gasteiger partial charge on any atom is 0.469 e. The predicted molar refractivity (Wildman–Crippen MR) is 62.6 cm³/mol. The summed E-state index contributed by atoms with van der Waals surface area (Å²) in [6, 6.07) is 0. The SMILES string of the molecule is Cc1sc(CCOP(=O)(O)O)nc1C(C)C. The molecule has 0 amide bonds. The van der Waals surface area contributed by atoms with Crippen LogP contribution in [0.2, 0.25) is 0 Å². The van der Waals surface area contributed by atoms with E-state index in [0.717, 1.165) is 15.6 Å². The van der Waals surface area contributed by atoms with E-state index in [0.29, 0.717) is 12.3 Å². The Labute approximate surface area is 98.7 Å². The Morgan fingerprint density at radius 1 is 1.50 bits per heavy atom. The highest BCUT2D eigenvalue weighted by molar-refractivity contribution is 7.46. The summed E-state index contributed by atoms with van der Waals surface area (Å²) in [7, 11) is -4.35. The van der Waals surface area contributed by atoms with Crippen molar-refractivity contribution in [3.05, 3.63) is 15.6 Å². The molecular formula is C9H16NO4PS. The Morgan fingerprint density at radius 3 is 2.56 bits per heavy atom. The van der Waals surface area contributed by atoms with Crippen molar-refractivity contribution < 1.29 is 18.9 Å². The van der Waals surface area contributed by atoms with Gasteiger partial charge in [0.25, 0.3) is 0 Å². The van der Waals surface area contributed by atoms with E-state index >= 15 is 0 Å². The third-order valence-corrected chi connectivity index (χ3v) is 3.56. The Kier molecular flexibility index (Phi) is 4.64. The molecule has 16 heavy (non-hydrogen) atoms. The molecule has 1 rings (SSSR count). The van der Waals surface area contributed by atoms with Crippen LogP contribution in [0.5, 0.6) is 0 Å². The molecule has 1 aromatic rings. The molecule has 0 aliphatic carbocycles. The van der Waals surface area contributed by atoms with Gasteiger partial charge in [-0.2, -0.15) is 0 Å². The smallest absolute Gasteiger partial charge is 0.303 e. The van der Waals surface area contributed by atoms with Gasteiger partial charge in [0.15, 0.2) is 0 Å². The van der Waals surface area contributed by atoms with Crippen LogP contribution in [0.15, 0.2) is 0 Å². The number of phosphoric acid groups is 1. The number of hydrogen-bond donors (Lipinski definition) is 2. The molecule has 1 aromatic heterocycles. The first-order valence-corrected chi connectivity index (χ1v) is 7.30. The van der Waals surface area contributed by atoms with Gasteiger partial charge in [0.05, 0.1) is 17.3 Å². The monoisotopic (exact) mass is 265 g/mol. The normalized spacial score (nSPS) is 12.4. The van der Waals surface area contributed by atoms with E-state index in [1.807, 2.05) is 6.92 Å². The summed E-state index contributed by atoms with van der Waals surface area (Å²) >= 11 is 1.55. The number of aryl methyl sites for hydroxylation is 1. The van der Waals surface area contributed by atoms with Crippen LogP contribution in [0.1, 0.15) is 35.3 Å². The fraction of sp³-hybridized carbons (Fsp3) is 0.667. The molecular weight excluding hydrogens is 249 g/mol. The number of phosphoric ester groups is 1. The lowest BCUT2D eigenvalue weighted by atomic mass is 10.1. The second-order valence-corrected chi connectivity index (χ2v) is 6.30. The molecule has 0 fully saturated rings. The summed E-state index contributed by atoms with van der Waals surface area (Å²) in [5.41, 5.74) is 1.05. The van der Waals surface area contributed by atoms with Crippen LogP contribution in [0.3, 0.4) is 0 Å². The molecule has 0 radical (unpaired) electrons. The first kappa shape index (κ1) is 13.8. The van der Waals surface area contributed by atoms with Crippen molar-refractivity contribution in [3.8, 4) is 0 Å². The van der Waals surface area contributed by atoms with Crippen LogP contribution in [-0.4, -0.2) is 21.4 Å². The van der Waals surface area contributed by atoms with Gasteiger partial charge in [-0.1, -0.05) is 13.8 Å². The first-order chi connectivity index (χ1) is 7.29. The van der Waals surface area contributed by atoms with E-state index in [-0.39, 0.29) is 6.61 Å². The summed E-state index contributed by atoms with van der Waals surface area (Å²) in [4.78, 5) is 22.6. The van der Waals surface area contributed by atoms with Crippen molar-refractivity contribution in [1.82, 2.24) is 4.98 Å². The zero-order chi connectivity index (χ0) is 12.3. The zero-order valence-corrected chi connectivity index (χ0v) is 11.2. The third kappa shape index (κ3) is 4.31. The lowest BCUT2D eigenvalue weighted by molar-refractivity contribution is 0.199.